The largest absolute Gasteiger partial charge is 0.305 e. The normalized spacial score (nSPS) is 20.2. The Bertz CT molecular complexity index is 999. The number of halogens is 1. The highest BCUT2D eigenvalue weighted by atomic mass is 35.5. The van der Waals surface area contributed by atoms with Gasteiger partial charge in [0.25, 0.3) is 5.91 Å². The van der Waals surface area contributed by atoms with Crippen LogP contribution in [0.25, 0.3) is 0 Å². The van der Waals surface area contributed by atoms with E-state index in [9.17, 15) is 13.2 Å². The molecular formula is C21H23ClN2O3S. The number of fused-ring (bicyclic) bond motifs is 1. The number of anilines is 1. The number of carbonyl (C=O) groups is 1. The molecule has 0 N–H and O–H groups in total. The van der Waals surface area contributed by atoms with Crippen molar-refractivity contribution in [1.82, 2.24) is 4.31 Å². The van der Waals surface area contributed by atoms with Gasteiger partial charge in [-0.25, -0.2) is 8.42 Å². The van der Waals surface area contributed by atoms with Crippen LogP contribution in [0.4, 0.5) is 5.69 Å². The molecule has 2 heterocycles. The van der Waals surface area contributed by atoms with E-state index in [0.717, 1.165) is 30.5 Å². The number of amides is 1. The Morgan fingerprint density at radius 2 is 1.71 bits per heavy atom. The fraction of sp³-hybridized carbons (Fsp3) is 0.381. The van der Waals surface area contributed by atoms with Crippen molar-refractivity contribution < 1.29 is 13.2 Å². The molecule has 2 aliphatic rings. The maximum atomic E-state index is 13.0. The summed E-state index contributed by atoms with van der Waals surface area (Å²) in [5.41, 5.74) is 2.24. The predicted molar refractivity (Wildman–Crippen MR) is 110 cm³/mol. The molecule has 1 saturated heterocycles. The van der Waals surface area contributed by atoms with Crippen LogP contribution in [0.2, 0.25) is 5.02 Å². The number of hydrogen-bond acceptors (Lipinski definition) is 3. The Labute approximate surface area is 171 Å². The van der Waals surface area contributed by atoms with Crippen LogP contribution in [0, 0.1) is 0 Å². The smallest absolute Gasteiger partial charge is 0.258 e. The monoisotopic (exact) mass is 418 g/mol. The summed E-state index contributed by atoms with van der Waals surface area (Å²) in [7, 11) is -3.48. The topological polar surface area (TPSA) is 57.7 Å². The van der Waals surface area contributed by atoms with Crippen LogP contribution >= 0.6 is 11.6 Å². The molecule has 148 valence electrons. The van der Waals surface area contributed by atoms with Gasteiger partial charge < -0.3 is 4.90 Å². The summed E-state index contributed by atoms with van der Waals surface area (Å²) in [4.78, 5) is 15.1. The Balaban J connectivity index is 1.65. The minimum atomic E-state index is -3.48. The minimum absolute atomic E-state index is 0.0360. The first-order valence-electron chi connectivity index (χ1n) is 9.60. The van der Waals surface area contributed by atoms with Gasteiger partial charge >= 0.3 is 0 Å². The summed E-state index contributed by atoms with van der Waals surface area (Å²) in [6.07, 6.45) is 3.53. The van der Waals surface area contributed by atoms with E-state index in [0.29, 0.717) is 35.0 Å². The number of sulfonamides is 1. The zero-order chi connectivity index (χ0) is 19.9. The molecule has 7 heteroatoms. The third-order valence-corrected chi connectivity index (χ3v) is 7.68. The third kappa shape index (κ3) is 3.45. The van der Waals surface area contributed by atoms with Gasteiger partial charge in [0.15, 0.2) is 0 Å². The molecule has 1 unspecified atom stereocenters. The maximum absolute atomic E-state index is 13.0. The van der Waals surface area contributed by atoms with Crippen LogP contribution in [0.15, 0.2) is 47.4 Å². The molecule has 0 saturated carbocycles. The van der Waals surface area contributed by atoms with Crippen LogP contribution in [0.1, 0.15) is 42.1 Å². The van der Waals surface area contributed by atoms with Crippen molar-refractivity contribution in [3.05, 3.63) is 58.6 Å². The summed E-state index contributed by atoms with van der Waals surface area (Å²) >= 11 is 5.92. The molecule has 28 heavy (non-hydrogen) atoms. The molecule has 1 fully saturated rings. The number of carbonyl (C=O) groups excluding carboxylic acids is 1. The fourth-order valence-electron chi connectivity index (χ4n) is 4.06. The highest BCUT2D eigenvalue weighted by Crippen LogP contribution is 2.36. The highest BCUT2D eigenvalue weighted by Gasteiger charge is 2.34. The molecule has 2 aliphatic heterocycles. The zero-order valence-corrected chi connectivity index (χ0v) is 17.3. The molecule has 5 nitrogen and oxygen atoms in total. The van der Waals surface area contributed by atoms with Crippen molar-refractivity contribution in [3.63, 3.8) is 0 Å². The maximum Gasteiger partial charge on any atom is 0.258 e. The summed E-state index contributed by atoms with van der Waals surface area (Å²) in [5.74, 6) is -0.102. The lowest BCUT2D eigenvalue weighted by atomic mass is 10.1. The minimum Gasteiger partial charge on any atom is -0.305 e. The molecule has 0 spiro atoms. The van der Waals surface area contributed by atoms with Gasteiger partial charge in [0.05, 0.1) is 4.90 Å². The number of piperidine rings is 1. The van der Waals surface area contributed by atoms with Crippen molar-refractivity contribution in [2.45, 2.75) is 43.5 Å². The number of rotatable bonds is 3. The Kier molecular flexibility index (Phi) is 5.21. The van der Waals surface area contributed by atoms with Crippen LogP contribution in [0.3, 0.4) is 0 Å². The van der Waals surface area contributed by atoms with Crippen molar-refractivity contribution >= 4 is 33.2 Å². The van der Waals surface area contributed by atoms with E-state index in [2.05, 4.69) is 0 Å². The molecule has 0 bridgehead atoms. The first-order chi connectivity index (χ1) is 13.4. The van der Waals surface area contributed by atoms with E-state index in [-0.39, 0.29) is 11.9 Å². The van der Waals surface area contributed by atoms with Gasteiger partial charge in [-0.2, -0.15) is 4.31 Å². The van der Waals surface area contributed by atoms with E-state index >= 15 is 0 Å². The van der Waals surface area contributed by atoms with E-state index in [1.54, 1.807) is 51.7 Å². The van der Waals surface area contributed by atoms with Crippen molar-refractivity contribution in [2.75, 3.05) is 18.0 Å². The highest BCUT2D eigenvalue weighted by molar-refractivity contribution is 7.89. The number of hydrogen-bond donors (Lipinski definition) is 0. The summed E-state index contributed by atoms with van der Waals surface area (Å²) < 4.78 is 27.5. The summed E-state index contributed by atoms with van der Waals surface area (Å²) in [5, 5.41) is 0.582. The fourth-order valence-corrected chi connectivity index (χ4v) is 5.76. The van der Waals surface area contributed by atoms with Crippen molar-refractivity contribution in [3.8, 4) is 0 Å². The molecule has 4 rings (SSSR count). The average molecular weight is 419 g/mol. The van der Waals surface area contributed by atoms with Crippen LogP contribution < -0.4 is 4.90 Å². The molecule has 1 amide bonds. The van der Waals surface area contributed by atoms with Gasteiger partial charge in [0.1, 0.15) is 0 Å². The van der Waals surface area contributed by atoms with Gasteiger partial charge in [-0.1, -0.05) is 18.0 Å². The van der Waals surface area contributed by atoms with E-state index < -0.39 is 10.0 Å². The zero-order valence-electron chi connectivity index (χ0n) is 15.8. The standard InChI is InChI=1S/C21H23ClN2O3S/c1-15-13-17-14-19(28(26,27)23-11-3-2-4-12-23)9-10-20(17)24(15)21(25)16-5-7-18(22)8-6-16/h5-10,14-15H,2-4,11-13H2,1H3. The molecule has 0 radical (unpaired) electrons. The van der Waals surface area contributed by atoms with Crippen LogP contribution in [-0.2, 0) is 16.4 Å². The second kappa shape index (κ2) is 7.50. The van der Waals surface area contributed by atoms with E-state index in [1.165, 1.54) is 0 Å². The Morgan fingerprint density at radius 1 is 1.04 bits per heavy atom. The van der Waals surface area contributed by atoms with Crippen molar-refractivity contribution in [2.24, 2.45) is 0 Å². The SMILES string of the molecule is CC1Cc2cc(S(=O)(=O)N3CCCCC3)ccc2N1C(=O)c1ccc(Cl)cc1. The summed E-state index contributed by atoms with van der Waals surface area (Å²) in [6.45, 7) is 3.14. The van der Waals surface area contributed by atoms with Crippen LogP contribution in [0.5, 0.6) is 0 Å². The average Bonchev–Trinajstić information content (AvgIpc) is 3.03. The van der Waals surface area contributed by atoms with Gasteiger partial charge in [-0.3, -0.25) is 4.79 Å². The van der Waals surface area contributed by atoms with Gasteiger partial charge in [-0.15, -0.1) is 0 Å². The van der Waals surface area contributed by atoms with Crippen LogP contribution in [-0.4, -0.2) is 37.8 Å². The molecule has 2 aromatic rings. The lowest BCUT2D eigenvalue weighted by Gasteiger charge is -2.26. The molecule has 0 aliphatic carbocycles. The van der Waals surface area contributed by atoms with E-state index in [1.807, 2.05) is 6.92 Å². The first-order valence-corrected chi connectivity index (χ1v) is 11.4. The lowest BCUT2D eigenvalue weighted by molar-refractivity contribution is 0.0981. The van der Waals surface area contributed by atoms with E-state index in [4.69, 9.17) is 11.6 Å². The third-order valence-electron chi connectivity index (χ3n) is 5.53. The van der Waals surface area contributed by atoms with Gasteiger partial charge in [-0.05, 0) is 74.2 Å². The quantitative estimate of drug-likeness (QED) is 0.753. The second-order valence-corrected chi connectivity index (χ2v) is 9.86. The van der Waals surface area contributed by atoms with Gasteiger partial charge in [0.2, 0.25) is 10.0 Å². The number of nitrogens with zero attached hydrogens (tertiary/aromatic N) is 2. The molecule has 0 aromatic heterocycles. The summed E-state index contributed by atoms with van der Waals surface area (Å²) in [6, 6.07) is 11.9. The Morgan fingerprint density at radius 3 is 2.39 bits per heavy atom. The molecule has 2 aromatic carbocycles. The molecular weight excluding hydrogens is 396 g/mol. The number of benzene rings is 2. The Hall–Kier alpha value is -1.89. The first kappa shape index (κ1) is 19.4. The van der Waals surface area contributed by atoms with Crippen molar-refractivity contribution in [1.29, 1.82) is 0 Å². The lowest BCUT2D eigenvalue weighted by Crippen LogP contribution is -2.36. The molecule has 1 atom stereocenters. The predicted octanol–water partition coefficient (Wildman–Crippen LogP) is 4.11. The second-order valence-electron chi connectivity index (χ2n) is 7.49. The van der Waals surface area contributed by atoms with Gasteiger partial charge in [0, 0.05) is 35.4 Å².